The molecule has 0 unspecified atom stereocenters. The van der Waals surface area contributed by atoms with E-state index in [1.54, 1.807) is 16.9 Å². The molecule has 0 fully saturated rings. The number of rotatable bonds is 2. The van der Waals surface area contributed by atoms with Gasteiger partial charge in [0.25, 0.3) is 0 Å². The molecule has 0 aliphatic heterocycles. The van der Waals surface area contributed by atoms with E-state index in [1.807, 2.05) is 31.3 Å². The molecule has 0 bridgehead atoms. The highest BCUT2D eigenvalue weighted by Gasteiger charge is 1.99. The van der Waals surface area contributed by atoms with Gasteiger partial charge in [-0.1, -0.05) is 0 Å². The van der Waals surface area contributed by atoms with Crippen molar-refractivity contribution < 1.29 is 0 Å². The molecule has 6 nitrogen and oxygen atoms in total. The molecule has 6 heteroatoms. The van der Waals surface area contributed by atoms with Gasteiger partial charge in [0.1, 0.15) is 0 Å². The number of aromatic nitrogens is 5. The fourth-order valence-corrected chi connectivity index (χ4v) is 1.49. The third-order valence-corrected chi connectivity index (χ3v) is 2.32. The highest BCUT2D eigenvalue weighted by molar-refractivity contribution is 5.55. The van der Waals surface area contributed by atoms with Crippen molar-refractivity contribution in [2.24, 2.45) is 0 Å². The van der Waals surface area contributed by atoms with Crippen molar-refractivity contribution >= 4 is 17.2 Å². The smallest absolute Gasteiger partial charge is 0.155 e. The molecule has 17 heavy (non-hydrogen) atoms. The lowest BCUT2D eigenvalue weighted by Gasteiger charge is -2.04. The van der Waals surface area contributed by atoms with Crippen molar-refractivity contribution in [2.75, 3.05) is 5.32 Å². The van der Waals surface area contributed by atoms with Gasteiger partial charge in [0.2, 0.25) is 0 Å². The van der Waals surface area contributed by atoms with Crippen molar-refractivity contribution in [2.45, 2.75) is 6.92 Å². The second-order valence-electron chi connectivity index (χ2n) is 3.66. The Morgan fingerprint density at radius 2 is 2.12 bits per heavy atom. The standard InChI is InChI=1S/C11H10N6/c1-8-2-3-10(16-15-8)14-9-6-12-11-4-5-13-17(11)7-9/h2-7H,1H3,(H,14,16). The highest BCUT2D eigenvalue weighted by atomic mass is 15.2. The van der Waals surface area contributed by atoms with E-state index in [4.69, 9.17) is 0 Å². The Hall–Kier alpha value is -2.50. The number of fused-ring (bicyclic) bond motifs is 1. The normalized spacial score (nSPS) is 10.6. The summed E-state index contributed by atoms with van der Waals surface area (Å²) in [7, 11) is 0. The van der Waals surface area contributed by atoms with Crippen LogP contribution in [0.15, 0.2) is 36.8 Å². The van der Waals surface area contributed by atoms with E-state index in [-0.39, 0.29) is 0 Å². The minimum Gasteiger partial charge on any atom is -0.336 e. The summed E-state index contributed by atoms with van der Waals surface area (Å²) in [5, 5.41) is 15.2. The van der Waals surface area contributed by atoms with Crippen LogP contribution >= 0.6 is 0 Å². The summed E-state index contributed by atoms with van der Waals surface area (Å²) in [4.78, 5) is 4.24. The van der Waals surface area contributed by atoms with Gasteiger partial charge in [-0.2, -0.15) is 10.2 Å². The summed E-state index contributed by atoms with van der Waals surface area (Å²) in [6.07, 6.45) is 5.29. The molecule has 1 N–H and O–H groups in total. The zero-order valence-electron chi connectivity index (χ0n) is 9.20. The average molecular weight is 226 g/mol. The molecule has 3 rings (SSSR count). The average Bonchev–Trinajstić information content (AvgIpc) is 2.79. The van der Waals surface area contributed by atoms with Crippen LogP contribution < -0.4 is 5.32 Å². The van der Waals surface area contributed by atoms with Crippen molar-refractivity contribution in [3.63, 3.8) is 0 Å². The minimum absolute atomic E-state index is 0.684. The first kappa shape index (κ1) is 9.71. The monoisotopic (exact) mass is 226 g/mol. The van der Waals surface area contributed by atoms with E-state index < -0.39 is 0 Å². The molecular weight excluding hydrogens is 216 g/mol. The Morgan fingerprint density at radius 1 is 1.18 bits per heavy atom. The zero-order valence-corrected chi connectivity index (χ0v) is 9.20. The molecule has 84 valence electrons. The Balaban J connectivity index is 1.91. The maximum Gasteiger partial charge on any atom is 0.155 e. The number of hydrogen-bond donors (Lipinski definition) is 1. The third-order valence-electron chi connectivity index (χ3n) is 2.32. The van der Waals surface area contributed by atoms with Gasteiger partial charge in [0.05, 0.1) is 30.0 Å². The molecule has 0 amide bonds. The molecule has 0 radical (unpaired) electrons. The maximum absolute atomic E-state index is 4.24. The van der Waals surface area contributed by atoms with Crippen molar-refractivity contribution in [1.82, 2.24) is 24.8 Å². The van der Waals surface area contributed by atoms with E-state index in [1.165, 1.54) is 0 Å². The lowest BCUT2D eigenvalue weighted by Crippen LogP contribution is -1.99. The molecule has 0 aliphatic carbocycles. The van der Waals surface area contributed by atoms with Gasteiger partial charge in [-0.15, -0.1) is 5.10 Å². The minimum atomic E-state index is 0.684. The van der Waals surface area contributed by atoms with Crippen LogP contribution in [0.3, 0.4) is 0 Å². The molecular formula is C11H10N6. The molecule has 0 spiro atoms. The molecule has 0 aliphatic rings. The van der Waals surface area contributed by atoms with E-state index in [0.29, 0.717) is 5.82 Å². The number of anilines is 2. The first-order valence-electron chi connectivity index (χ1n) is 5.18. The van der Waals surface area contributed by atoms with Gasteiger partial charge in [0, 0.05) is 6.07 Å². The van der Waals surface area contributed by atoms with Crippen LogP contribution in [0.2, 0.25) is 0 Å². The summed E-state index contributed by atoms with van der Waals surface area (Å²) in [6.45, 7) is 1.90. The largest absolute Gasteiger partial charge is 0.336 e. The Labute approximate surface area is 97.3 Å². The SMILES string of the molecule is Cc1ccc(Nc2cnc3ccnn3c2)nn1. The fourth-order valence-electron chi connectivity index (χ4n) is 1.49. The molecule has 0 saturated heterocycles. The topological polar surface area (TPSA) is 68.0 Å². The second kappa shape index (κ2) is 3.82. The molecule has 3 heterocycles. The molecule has 3 aromatic heterocycles. The van der Waals surface area contributed by atoms with E-state index in [9.17, 15) is 0 Å². The third kappa shape index (κ3) is 1.92. The van der Waals surface area contributed by atoms with Crippen LogP contribution in [0.1, 0.15) is 5.69 Å². The summed E-state index contributed by atoms with van der Waals surface area (Å²) in [6, 6.07) is 5.61. The van der Waals surface area contributed by atoms with Crippen molar-refractivity contribution in [3.8, 4) is 0 Å². The molecule has 0 aromatic carbocycles. The van der Waals surface area contributed by atoms with Crippen LogP contribution in [-0.4, -0.2) is 24.8 Å². The van der Waals surface area contributed by atoms with Gasteiger partial charge < -0.3 is 5.32 Å². The first-order valence-corrected chi connectivity index (χ1v) is 5.18. The number of nitrogens with zero attached hydrogens (tertiary/aromatic N) is 5. The summed E-state index contributed by atoms with van der Waals surface area (Å²) < 4.78 is 1.70. The summed E-state index contributed by atoms with van der Waals surface area (Å²) >= 11 is 0. The first-order chi connectivity index (χ1) is 8.31. The second-order valence-corrected chi connectivity index (χ2v) is 3.66. The fraction of sp³-hybridized carbons (Fsp3) is 0.0909. The van der Waals surface area contributed by atoms with Crippen molar-refractivity contribution in [1.29, 1.82) is 0 Å². The van der Waals surface area contributed by atoms with Gasteiger partial charge in [-0.05, 0) is 19.1 Å². The lowest BCUT2D eigenvalue weighted by molar-refractivity contribution is 0.938. The molecule has 3 aromatic rings. The summed E-state index contributed by atoms with van der Waals surface area (Å²) in [5.41, 5.74) is 2.51. The van der Waals surface area contributed by atoms with Crippen LogP contribution in [-0.2, 0) is 0 Å². The highest BCUT2D eigenvalue weighted by Crippen LogP contribution is 2.12. The van der Waals surface area contributed by atoms with Gasteiger partial charge in [-0.3, -0.25) is 0 Å². The van der Waals surface area contributed by atoms with Crippen LogP contribution in [0.5, 0.6) is 0 Å². The number of aryl methyl sites for hydroxylation is 1. The molecule has 0 atom stereocenters. The Kier molecular flexibility index (Phi) is 2.18. The van der Waals surface area contributed by atoms with Crippen LogP contribution in [0.25, 0.3) is 5.65 Å². The van der Waals surface area contributed by atoms with Crippen molar-refractivity contribution in [3.05, 3.63) is 42.5 Å². The summed E-state index contributed by atoms with van der Waals surface area (Å²) in [5.74, 6) is 0.684. The predicted molar refractivity (Wildman–Crippen MR) is 63.0 cm³/mol. The lowest BCUT2D eigenvalue weighted by atomic mass is 10.4. The van der Waals surface area contributed by atoms with Crippen LogP contribution in [0.4, 0.5) is 11.5 Å². The van der Waals surface area contributed by atoms with E-state index in [0.717, 1.165) is 17.0 Å². The predicted octanol–water partition coefficient (Wildman–Crippen LogP) is 1.57. The zero-order chi connectivity index (χ0) is 11.7. The Bertz CT molecular complexity index is 642. The Morgan fingerprint density at radius 3 is 2.94 bits per heavy atom. The van der Waals surface area contributed by atoms with Gasteiger partial charge >= 0.3 is 0 Å². The molecule has 0 saturated carbocycles. The van der Waals surface area contributed by atoms with Crippen LogP contribution in [0, 0.1) is 6.92 Å². The van der Waals surface area contributed by atoms with Gasteiger partial charge in [0.15, 0.2) is 11.5 Å². The van der Waals surface area contributed by atoms with E-state index >= 15 is 0 Å². The van der Waals surface area contributed by atoms with Gasteiger partial charge in [-0.25, -0.2) is 9.50 Å². The maximum atomic E-state index is 4.24. The van der Waals surface area contributed by atoms with E-state index in [2.05, 4.69) is 25.6 Å². The quantitative estimate of drug-likeness (QED) is 0.718. The number of hydrogen-bond acceptors (Lipinski definition) is 5. The number of nitrogens with one attached hydrogen (secondary N) is 1.